The minimum atomic E-state index is 0.545. The predicted molar refractivity (Wildman–Crippen MR) is 59.2 cm³/mol. The fraction of sp³-hybridized carbons (Fsp3) is 0.462. The Kier molecular flexibility index (Phi) is 3.71. The van der Waals surface area contributed by atoms with Gasteiger partial charge < -0.3 is 0 Å². The summed E-state index contributed by atoms with van der Waals surface area (Å²) in [6, 6.07) is 8.60. The van der Waals surface area contributed by atoms with Gasteiger partial charge in [0, 0.05) is 6.42 Å². The molecule has 0 bridgehead atoms. The first-order valence-electron chi connectivity index (χ1n) is 5.12. The van der Waals surface area contributed by atoms with Crippen molar-refractivity contribution in [3.63, 3.8) is 0 Å². The molecule has 0 amide bonds. The summed E-state index contributed by atoms with van der Waals surface area (Å²) < 4.78 is 0. The number of rotatable bonds is 3. The summed E-state index contributed by atoms with van der Waals surface area (Å²) in [6.45, 7) is 6.52. The molecule has 0 aliphatic heterocycles. The Labute approximate surface area is 86.4 Å². The van der Waals surface area contributed by atoms with E-state index in [0.717, 1.165) is 6.42 Å². The number of hydrogen-bond acceptors (Lipinski definition) is 1. The Morgan fingerprint density at radius 1 is 1.36 bits per heavy atom. The molecule has 0 fully saturated rings. The van der Waals surface area contributed by atoms with Crippen molar-refractivity contribution in [2.24, 2.45) is 0 Å². The van der Waals surface area contributed by atoms with Gasteiger partial charge in [-0.25, -0.2) is 0 Å². The largest absolute Gasteiger partial charge is 0.198 e. The standard InChI is InChI=1S/C13H17N/c1-10(2)12-7-4-6-11(3)13(12)8-5-9-14/h4,6-7,10H,5,8H2,1-3H3. The molecule has 74 valence electrons. The lowest BCUT2D eigenvalue weighted by atomic mass is 9.91. The quantitative estimate of drug-likeness (QED) is 0.709. The lowest BCUT2D eigenvalue weighted by Crippen LogP contribution is -1.99. The van der Waals surface area contributed by atoms with Gasteiger partial charge in [-0.3, -0.25) is 0 Å². The van der Waals surface area contributed by atoms with Crippen LogP contribution in [0.25, 0.3) is 0 Å². The molecular formula is C13H17N. The highest BCUT2D eigenvalue weighted by Gasteiger charge is 2.07. The SMILES string of the molecule is Cc1cccc(C(C)C)c1CCC#N. The van der Waals surface area contributed by atoms with Gasteiger partial charge in [0.1, 0.15) is 0 Å². The Balaban J connectivity index is 3.04. The monoisotopic (exact) mass is 187 g/mol. The first kappa shape index (κ1) is 10.8. The van der Waals surface area contributed by atoms with Crippen LogP contribution >= 0.6 is 0 Å². The Hall–Kier alpha value is -1.29. The molecule has 0 saturated heterocycles. The Morgan fingerprint density at radius 3 is 2.64 bits per heavy atom. The van der Waals surface area contributed by atoms with Crippen molar-refractivity contribution in [3.05, 3.63) is 34.9 Å². The fourth-order valence-electron chi connectivity index (χ4n) is 1.79. The molecule has 0 heterocycles. The topological polar surface area (TPSA) is 23.8 Å². The average Bonchev–Trinajstić information content (AvgIpc) is 2.15. The first-order chi connectivity index (χ1) is 6.66. The van der Waals surface area contributed by atoms with Crippen molar-refractivity contribution in [2.75, 3.05) is 0 Å². The zero-order valence-electron chi connectivity index (χ0n) is 9.17. The molecule has 1 nitrogen and oxygen atoms in total. The number of hydrogen-bond donors (Lipinski definition) is 0. The van der Waals surface area contributed by atoms with Crippen LogP contribution in [-0.4, -0.2) is 0 Å². The van der Waals surface area contributed by atoms with Crippen LogP contribution in [0.5, 0.6) is 0 Å². The molecule has 1 rings (SSSR count). The second-order valence-electron chi connectivity index (χ2n) is 3.96. The number of aryl methyl sites for hydroxylation is 1. The van der Waals surface area contributed by atoms with Gasteiger partial charge in [0.05, 0.1) is 6.07 Å². The van der Waals surface area contributed by atoms with Crippen LogP contribution in [-0.2, 0) is 6.42 Å². The van der Waals surface area contributed by atoms with Crippen molar-refractivity contribution in [2.45, 2.75) is 39.5 Å². The van der Waals surface area contributed by atoms with Crippen molar-refractivity contribution in [3.8, 4) is 6.07 Å². The maximum atomic E-state index is 8.60. The summed E-state index contributed by atoms with van der Waals surface area (Å²) in [4.78, 5) is 0. The molecule has 0 saturated carbocycles. The molecule has 0 radical (unpaired) electrons. The zero-order valence-corrected chi connectivity index (χ0v) is 9.17. The zero-order chi connectivity index (χ0) is 10.6. The highest BCUT2D eigenvalue weighted by atomic mass is 14.2. The molecule has 14 heavy (non-hydrogen) atoms. The molecule has 0 N–H and O–H groups in total. The minimum absolute atomic E-state index is 0.545. The summed E-state index contributed by atoms with van der Waals surface area (Å²) in [5.41, 5.74) is 4.07. The molecule has 1 aromatic rings. The van der Waals surface area contributed by atoms with Crippen molar-refractivity contribution >= 4 is 0 Å². The molecule has 0 aliphatic rings. The third-order valence-corrected chi connectivity index (χ3v) is 2.56. The van der Waals surface area contributed by atoms with E-state index in [9.17, 15) is 0 Å². The number of benzene rings is 1. The lowest BCUT2D eigenvalue weighted by molar-refractivity contribution is 0.830. The van der Waals surface area contributed by atoms with E-state index < -0.39 is 0 Å². The second-order valence-corrected chi connectivity index (χ2v) is 3.96. The van der Waals surface area contributed by atoms with Gasteiger partial charge in [-0.1, -0.05) is 32.0 Å². The van der Waals surface area contributed by atoms with E-state index in [0.29, 0.717) is 12.3 Å². The van der Waals surface area contributed by atoms with Crippen molar-refractivity contribution < 1.29 is 0 Å². The summed E-state index contributed by atoms with van der Waals surface area (Å²) in [6.07, 6.45) is 1.50. The van der Waals surface area contributed by atoms with Gasteiger partial charge in [-0.2, -0.15) is 5.26 Å². The molecule has 0 unspecified atom stereocenters. The normalized spacial score (nSPS) is 10.2. The van der Waals surface area contributed by atoms with E-state index in [1.54, 1.807) is 0 Å². The molecular weight excluding hydrogens is 170 g/mol. The van der Waals surface area contributed by atoms with Crippen LogP contribution in [0.1, 0.15) is 42.9 Å². The van der Waals surface area contributed by atoms with Gasteiger partial charge >= 0.3 is 0 Å². The van der Waals surface area contributed by atoms with E-state index in [1.165, 1.54) is 16.7 Å². The van der Waals surface area contributed by atoms with Gasteiger partial charge in [0.25, 0.3) is 0 Å². The lowest BCUT2D eigenvalue weighted by Gasteiger charge is -2.14. The van der Waals surface area contributed by atoms with E-state index in [-0.39, 0.29) is 0 Å². The number of nitrogens with zero attached hydrogens (tertiary/aromatic N) is 1. The van der Waals surface area contributed by atoms with Crippen molar-refractivity contribution in [1.82, 2.24) is 0 Å². The van der Waals surface area contributed by atoms with Crippen LogP contribution in [0.3, 0.4) is 0 Å². The Morgan fingerprint density at radius 2 is 2.07 bits per heavy atom. The van der Waals surface area contributed by atoms with Crippen LogP contribution < -0.4 is 0 Å². The predicted octanol–water partition coefficient (Wildman–Crippen LogP) is 3.57. The molecule has 1 aromatic carbocycles. The number of nitriles is 1. The first-order valence-corrected chi connectivity index (χ1v) is 5.12. The fourth-order valence-corrected chi connectivity index (χ4v) is 1.79. The summed E-state index contributed by atoms with van der Waals surface area (Å²) in [5.74, 6) is 0.545. The van der Waals surface area contributed by atoms with E-state index >= 15 is 0 Å². The molecule has 0 atom stereocenters. The summed E-state index contributed by atoms with van der Waals surface area (Å²) >= 11 is 0. The Bertz CT molecular complexity index is 345. The van der Waals surface area contributed by atoms with E-state index in [2.05, 4.69) is 45.0 Å². The smallest absolute Gasteiger partial charge is 0.0625 e. The van der Waals surface area contributed by atoms with Crippen molar-refractivity contribution in [1.29, 1.82) is 5.26 Å². The van der Waals surface area contributed by atoms with Gasteiger partial charge in [-0.05, 0) is 36.0 Å². The van der Waals surface area contributed by atoms with Crippen LogP contribution in [0.4, 0.5) is 0 Å². The highest BCUT2D eigenvalue weighted by Crippen LogP contribution is 2.23. The third kappa shape index (κ3) is 2.35. The molecule has 0 spiro atoms. The molecule has 0 aromatic heterocycles. The molecule has 0 aliphatic carbocycles. The summed E-state index contributed by atoms with van der Waals surface area (Å²) in [7, 11) is 0. The van der Waals surface area contributed by atoms with E-state index in [4.69, 9.17) is 5.26 Å². The van der Waals surface area contributed by atoms with Crippen LogP contribution in [0.15, 0.2) is 18.2 Å². The minimum Gasteiger partial charge on any atom is -0.198 e. The van der Waals surface area contributed by atoms with Crippen LogP contribution in [0, 0.1) is 18.3 Å². The average molecular weight is 187 g/mol. The molecule has 1 heteroatoms. The maximum absolute atomic E-state index is 8.60. The van der Waals surface area contributed by atoms with Gasteiger partial charge in [0.15, 0.2) is 0 Å². The highest BCUT2D eigenvalue weighted by molar-refractivity contribution is 5.36. The van der Waals surface area contributed by atoms with E-state index in [1.807, 2.05) is 0 Å². The second kappa shape index (κ2) is 4.81. The van der Waals surface area contributed by atoms with Gasteiger partial charge in [-0.15, -0.1) is 0 Å². The third-order valence-electron chi connectivity index (χ3n) is 2.56. The van der Waals surface area contributed by atoms with Crippen LogP contribution in [0.2, 0.25) is 0 Å². The summed E-state index contributed by atoms with van der Waals surface area (Å²) in [5, 5.41) is 8.60. The maximum Gasteiger partial charge on any atom is 0.0625 e. The van der Waals surface area contributed by atoms with Gasteiger partial charge in [0.2, 0.25) is 0 Å².